The maximum Gasteiger partial charge on any atom is 0.325 e. The number of thioether (sulfide) groups is 1. The van der Waals surface area contributed by atoms with Crippen LogP contribution in [0.3, 0.4) is 0 Å². The van der Waals surface area contributed by atoms with Gasteiger partial charge in [0.2, 0.25) is 0 Å². The number of rotatable bonds is 3. The molecule has 1 aliphatic heterocycles. The number of benzene rings is 1. The molecule has 1 aliphatic rings. The molecule has 0 aliphatic carbocycles. The molecule has 0 spiro atoms. The molecular weight excluding hydrogens is 332 g/mol. The van der Waals surface area contributed by atoms with E-state index < -0.39 is 10.1 Å². The van der Waals surface area contributed by atoms with Crippen LogP contribution in [0.2, 0.25) is 5.02 Å². The maximum atomic E-state index is 11.0. The van der Waals surface area contributed by atoms with Gasteiger partial charge in [-0.3, -0.25) is 4.28 Å². The molecule has 1 aromatic carbocycles. The second-order valence-corrected chi connectivity index (χ2v) is 6.84. The van der Waals surface area contributed by atoms with Gasteiger partial charge in [0.05, 0.1) is 11.8 Å². The lowest BCUT2D eigenvalue weighted by atomic mass is 10.0. The van der Waals surface area contributed by atoms with Crippen molar-refractivity contribution < 1.29 is 12.7 Å². The molecule has 0 aromatic heterocycles. The number of nitrogens with zero attached hydrogens (tertiary/aromatic N) is 2. The Morgan fingerprint density at radius 2 is 2.14 bits per heavy atom. The van der Waals surface area contributed by atoms with Gasteiger partial charge >= 0.3 is 10.1 Å². The second-order valence-electron chi connectivity index (χ2n) is 3.98. The van der Waals surface area contributed by atoms with Gasteiger partial charge in [0.15, 0.2) is 0 Å². The fraction of sp³-hybridized carbons (Fsp3) is 0.0769. The van der Waals surface area contributed by atoms with E-state index >= 15 is 0 Å². The van der Waals surface area contributed by atoms with E-state index in [0.717, 1.165) is 18.0 Å². The van der Waals surface area contributed by atoms with Crippen LogP contribution in [-0.4, -0.2) is 19.7 Å². The van der Waals surface area contributed by atoms with Crippen LogP contribution < -0.4 is 0 Å². The average Bonchev–Trinajstić information content (AvgIpc) is 2.87. The van der Waals surface area contributed by atoms with Crippen molar-refractivity contribution >= 4 is 44.1 Å². The molecule has 21 heavy (non-hydrogen) atoms. The molecule has 108 valence electrons. The zero-order valence-electron chi connectivity index (χ0n) is 10.8. The summed E-state index contributed by atoms with van der Waals surface area (Å²) in [4.78, 5) is 0. The van der Waals surface area contributed by atoms with Gasteiger partial charge in [-0.1, -0.05) is 46.7 Å². The Morgan fingerprint density at radius 3 is 2.76 bits per heavy atom. The highest BCUT2D eigenvalue weighted by atomic mass is 35.5. The summed E-state index contributed by atoms with van der Waals surface area (Å²) < 4.78 is 26.4. The lowest BCUT2D eigenvalue weighted by molar-refractivity contribution is 0.345. The molecule has 5 nitrogen and oxygen atoms in total. The van der Waals surface area contributed by atoms with Crippen LogP contribution in [0, 0.1) is 11.3 Å². The van der Waals surface area contributed by atoms with Gasteiger partial charge < -0.3 is 0 Å². The number of hydrogen-bond donors (Lipinski definition) is 0. The molecule has 0 bridgehead atoms. The van der Waals surface area contributed by atoms with Crippen molar-refractivity contribution in [1.29, 1.82) is 5.26 Å². The molecule has 0 atom stereocenters. The number of halogens is 1. The highest BCUT2D eigenvalue weighted by Crippen LogP contribution is 2.33. The molecule has 0 fully saturated rings. The van der Waals surface area contributed by atoms with E-state index in [1.54, 1.807) is 35.7 Å². The molecule has 1 heterocycles. The number of hydrogen-bond acceptors (Lipinski definition) is 6. The Labute approximate surface area is 131 Å². The fourth-order valence-electron chi connectivity index (χ4n) is 1.59. The summed E-state index contributed by atoms with van der Waals surface area (Å²) >= 11 is 7.25. The molecule has 0 radical (unpaired) electrons. The summed E-state index contributed by atoms with van der Waals surface area (Å²) in [6.45, 7) is 0. The van der Waals surface area contributed by atoms with Crippen LogP contribution in [0.15, 0.2) is 46.5 Å². The summed E-state index contributed by atoms with van der Waals surface area (Å²) in [5.41, 5.74) is 1.33. The average molecular weight is 341 g/mol. The molecule has 1 aromatic rings. The van der Waals surface area contributed by atoms with Crippen LogP contribution in [-0.2, 0) is 14.4 Å². The lowest BCUT2D eigenvalue weighted by Crippen LogP contribution is -2.02. The Balaban J connectivity index is 2.51. The molecule has 2 rings (SSSR count). The third-order valence-corrected chi connectivity index (χ3v) is 3.89. The van der Waals surface area contributed by atoms with E-state index in [4.69, 9.17) is 11.6 Å². The van der Waals surface area contributed by atoms with Crippen molar-refractivity contribution in [3.8, 4) is 6.07 Å². The number of oxime groups is 1. The zero-order valence-corrected chi connectivity index (χ0v) is 13.2. The van der Waals surface area contributed by atoms with Crippen LogP contribution in [0.4, 0.5) is 0 Å². The molecular formula is C13H9ClN2O3S2. The van der Waals surface area contributed by atoms with Crippen LogP contribution in [0.1, 0.15) is 5.56 Å². The van der Waals surface area contributed by atoms with Crippen molar-refractivity contribution in [1.82, 2.24) is 0 Å². The predicted molar refractivity (Wildman–Crippen MR) is 84.1 cm³/mol. The topological polar surface area (TPSA) is 79.5 Å². The first-order chi connectivity index (χ1) is 9.92. The number of allylic oxidation sites excluding steroid dienone is 2. The molecule has 0 unspecified atom stereocenters. The largest absolute Gasteiger partial charge is 0.325 e. The van der Waals surface area contributed by atoms with Crippen molar-refractivity contribution in [2.24, 2.45) is 5.16 Å². The van der Waals surface area contributed by atoms with E-state index in [9.17, 15) is 13.7 Å². The Morgan fingerprint density at radius 1 is 1.43 bits per heavy atom. The van der Waals surface area contributed by atoms with Crippen LogP contribution >= 0.6 is 23.4 Å². The van der Waals surface area contributed by atoms with Crippen LogP contribution in [0.5, 0.6) is 0 Å². The predicted octanol–water partition coefficient (Wildman–Crippen LogP) is 3.17. The monoisotopic (exact) mass is 340 g/mol. The molecule has 0 saturated heterocycles. The Bertz CT molecular complexity index is 805. The SMILES string of the molecule is CS(=O)(=O)O/N=C1\SC=C\C1=C(\C#N)c1ccccc1Cl. The van der Waals surface area contributed by atoms with Crippen molar-refractivity contribution in [3.63, 3.8) is 0 Å². The smallest absolute Gasteiger partial charge is 0.268 e. The molecule has 0 N–H and O–H groups in total. The minimum absolute atomic E-state index is 0.289. The van der Waals surface area contributed by atoms with E-state index in [2.05, 4.69) is 15.5 Å². The molecule has 0 amide bonds. The quantitative estimate of drug-likeness (QED) is 0.623. The van der Waals surface area contributed by atoms with Gasteiger partial charge in [-0.15, -0.1) is 0 Å². The van der Waals surface area contributed by atoms with Gasteiger partial charge in [0, 0.05) is 16.2 Å². The van der Waals surface area contributed by atoms with Gasteiger partial charge in [0.25, 0.3) is 0 Å². The summed E-state index contributed by atoms with van der Waals surface area (Å²) in [7, 11) is -3.70. The van der Waals surface area contributed by atoms with Gasteiger partial charge in [-0.05, 0) is 17.6 Å². The minimum atomic E-state index is -3.70. The van der Waals surface area contributed by atoms with Crippen molar-refractivity contribution in [2.75, 3.05) is 6.26 Å². The first-order valence-electron chi connectivity index (χ1n) is 5.62. The summed E-state index contributed by atoms with van der Waals surface area (Å²) in [5, 5.41) is 15.4. The third kappa shape index (κ3) is 3.88. The Kier molecular flexibility index (Phi) is 4.73. The zero-order chi connectivity index (χ0) is 15.5. The highest BCUT2D eigenvalue weighted by Gasteiger charge is 2.20. The highest BCUT2D eigenvalue weighted by molar-refractivity contribution is 8.17. The van der Waals surface area contributed by atoms with Crippen LogP contribution in [0.25, 0.3) is 5.57 Å². The third-order valence-electron chi connectivity index (χ3n) is 2.42. The second kappa shape index (κ2) is 6.35. The first kappa shape index (κ1) is 15.6. The van der Waals surface area contributed by atoms with E-state index in [1.165, 1.54) is 0 Å². The van der Waals surface area contributed by atoms with Gasteiger partial charge in [-0.25, -0.2) is 0 Å². The standard InChI is InChI=1S/C13H9ClN2O3S2/c1-21(17,18)19-16-13-10(6-7-20-13)11(8-15)9-4-2-3-5-12(9)14/h2-7H,1H3/b11-10+,16-13-. The molecule has 8 heteroatoms. The fourth-order valence-corrected chi connectivity index (χ4v) is 2.79. The van der Waals surface area contributed by atoms with Gasteiger partial charge in [-0.2, -0.15) is 13.7 Å². The summed E-state index contributed by atoms with van der Waals surface area (Å²) in [6, 6.07) is 8.97. The Hall–Kier alpha value is -1.75. The summed E-state index contributed by atoms with van der Waals surface area (Å²) in [5.74, 6) is 0. The number of nitriles is 1. The van der Waals surface area contributed by atoms with Crippen molar-refractivity contribution in [2.45, 2.75) is 0 Å². The van der Waals surface area contributed by atoms with E-state index in [1.807, 2.05) is 0 Å². The summed E-state index contributed by atoms with van der Waals surface area (Å²) in [6.07, 6.45) is 2.56. The first-order valence-corrected chi connectivity index (χ1v) is 8.69. The van der Waals surface area contributed by atoms with Crippen molar-refractivity contribution in [3.05, 3.63) is 51.9 Å². The minimum Gasteiger partial charge on any atom is -0.268 e. The van der Waals surface area contributed by atoms with Gasteiger partial charge in [0.1, 0.15) is 11.1 Å². The molecule has 0 saturated carbocycles. The maximum absolute atomic E-state index is 11.0. The van der Waals surface area contributed by atoms with E-state index in [0.29, 0.717) is 21.7 Å². The lowest BCUT2D eigenvalue weighted by Gasteiger charge is -2.06. The van der Waals surface area contributed by atoms with E-state index in [-0.39, 0.29) is 5.04 Å². The normalized spacial score (nSPS) is 18.6.